The maximum absolute atomic E-state index is 14.6. The average Bonchev–Trinajstić information content (AvgIpc) is 3.87. The number of urea groups is 1. The van der Waals surface area contributed by atoms with Crippen molar-refractivity contribution in [2.24, 2.45) is 16.7 Å². The molecular formula is C48H64N8O8S. The normalized spacial score (nSPS) is 23.1. The molecule has 65 heavy (non-hydrogen) atoms. The van der Waals surface area contributed by atoms with Crippen molar-refractivity contribution in [1.82, 2.24) is 40.1 Å². The molecule has 350 valence electrons. The molecule has 6 bridgehead atoms. The van der Waals surface area contributed by atoms with Gasteiger partial charge in [0.2, 0.25) is 11.6 Å². The molecule has 4 atom stereocenters. The number of pyridine rings is 1. The molecule has 4 aliphatic rings. The lowest BCUT2D eigenvalue weighted by atomic mass is 9.73. The minimum absolute atomic E-state index is 0.00836. The molecule has 1 aromatic carbocycles. The molecule has 1 spiro atoms. The molecule has 7 heterocycles. The van der Waals surface area contributed by atoms with Gasteiger partial charge in [0.25, 0.3) is 5.91 Å². The summed E-state index contributed by atoms with van der Waals surface area (Å²) in [6.45, 7) is 15.3. The smallest absolute Gasteiger partial charge is 0.355 e. The summed E-state index contributed by atoms with van der Waals surface area (Å²) in [5.74, 6) is -2.24. The fraction of sp³-hybridized carbons (Fsp3) is 0.583. The van der Waals surface area contributed by atoms with Gasteiger partial charge in [-0.15, -0.1) is 11.3 Å². The summed E-state index contributed by atoms with van der Waals surface area (Å²) >= 11 is 1.38. The molecule has 4 amide bonds. The summed E-state index contributed by atoms with van der Waals surface area (Å²) in [4.78, 5) is 70.0. The first-order valence-electron chi connectivity index (χ1n) is 22.9. The van der Waals surface area contributed by atoms with E-state index in [1.165, 1.54) is 21.2 Å². The number of hydrazine groups is 1. The molecule has 3 aromatic heterocycles. The number of likely N-dealkylation sites (N-methyl/N-ethyl adjacent to an activating group) is 1. The zero-order valence-electron chi connectivity index (χ0n) is 38.9. The minimum atomic E-state index is -2.20. The van der Waals surface area contributed by atoms with Crippen molar-refractivity contribution in [2.45, 2.75) is 111 Å². The van der Waals surface area contributed by atoms with E-state index in [0.29, 0.717) is 50.7 Å². The number of thiazole rings is 1. The van der Waals surface area contributed by atoms with Gasteiger partial charge in [-0.3, -0.25) is 19.6 Å². The van der Waals surface area contributed by atoms with Crippen molar-refractivity contribution in [3.8, 4) is 22.5 Å². The van der Waals surface area contributed by atoms with E-state index in [1.54, 1.807) is 25.3 Å². The summed E-state index contributed by atoms with van der Waals surface area (Å²) < 4.78 is 19.6. The first-order valence-corrected chi connectivity index (χ1v) is 23.8. The van der Waals surface area contributed by atoms with E-state index < -0.39 is 41.0 Å². The highest BCUT2D eigenvalue weighted by Gasteiger charge is 2.49. The molecule has 3 saturated heterocycles. The first kappa shape index (κ1) is 46.6. The highest BCUT2D eigenvalue weighted by molar-refractivity contribution is 7.10. The van der Waals surface area contributed by atoms with Crippen LogP contribution in [0.4, 0.5) is 4.79 Å². The number of carbonyl (C=O) groups is 4. The van der Waals surface area contributed by atoms with E-state index >= 15 is 0 Å². The minimum Gasteiger partial charge on any atom is -0.462 e. The van der Waals surface area contributed by atoms with Crippen molar-refractivity contribution < 1.29 is 38.5 Å². The molecule has 3 N–H and O–H groups in total. The Labute approximate surface area is 385 Å². The maximum atomic E-state index is 14.6. The summed E-state index contributed by atoms with van der Waals surface area (Å²) in [6, 6.07) is 8.01. The van der Waals surface area contributed by atoms with Crippen LogP contribution >= 0.6 is 11.3 Å². The van der Waals surface area contributed by atoms with E-state index in [9.17, 15) is 24.3 Å². The Morgan fingerprint density at radius 1 is 1.12 bits per heavy atom. The van der Waals surface area contributed by atoms with E-state index in [0.717, 1.165) is 57.5 Å². The molecule has 8 rings (SSSR count). The van der Waals surface area contributed by atoms with Gasteiger partial charge in [-0.05, 0) is 75.3 Å². The van der Waals surface area contributed by atoms with Gasteiger partial charge in [-0.2, -0.15) is 5.43 Å². The van der Waals surface area contributed by atoms with Crippen LogP contribution in [-0.2, 0) is 48.0 Å². The van der Waals surface area contributed by atoms with Gasteiger partial charge >= 0.3 is 12.0 Å². The number of fused-ring (bicyclic) bond motifs is 6. The number of nitrogens with zero attached hydrogens (tertiary/aromatic N) is 6. The standard InChI is InChI=1S/C48H64N8O8S/c1-9-55-37-14-13-31-22-33(37)34(41(55)32-12-10-18-49-39(32)30(4)62-8)24-46(5,6)28-64-44(59)48(61)15-11-19-56(52-48)43(58)35(23-38-50-36(31)25-65-38)51-42(57)40(29(2)3)53(7)45(60)54-26-47(27-54)16-20-63-21-17-47/h10,12-14,18,22,25,29-30,35,40,52,61H,9,11,15-17,19-21,23-24,26-28H2,1-8H3,(H,51,57)/t30-,35-,40-,48-/m0/s1. The number of aliphatic hydroxyl groups is 1. The van der Waals surface area contributed by atoms with Crippen LogP contribution < -0.4 is 10.7 Å². The van der Waals surface area contributed by atoms with Crippen molar-refractivity contribution in [3.05, 3.63) is 58.2 Å². The third kappa shape index (κ3) is 9.14. The van der Waals surface area contributed by atoms with Crippen LogP contribution in [0.25, 0.3) is 33.4 Å². The van der Waals surface area contributed by atoms with Crippen molar-refractivity contribution in [1.29, 1.82) is 0 Å². The first-order chi connectivity index (χ1) is 31.0. The zero-order chi connectivity index (χ0) is 46.4. The lowest BCUT2D eigenvalue weighted by Gasteiger charge is -2.53. The molecule has 0 saturated carbocycles. The molecule has 16 nitrogen and oxygen atoms in total. The van der Waals surface area contributed by atoms with E-state index in [4.69, 9.17) is 24.2 Å². The Kier molecular flexibility index (Phi) is 13.2. The lowest BCUT2D eigenvalue weighted by Crippen LogP contribution is -2.68. The number of ether oxygens (including phenoxy) is 3. The van der Waals surface area contributed by atoms with Gasteiger partial charge in [0, 0.05) is 111 Å². The summed E-state index contributed by atoms with van der Waals surface area (Å²) in [6.07, 6.45) is 4.12. The van der Waals surface area contributed by atoms with Gasteiger partial charge in [0.05, 0.1) is 34.8 Å². The number of benzene rings is 1. The molecule has 0 aliphatic carbocycles. The number of aromatic nitrogens is 3. The van der Waals surface area contributed by atoms with Gasteiger partial charge < -0.3 is 39.0 Å². The molecule has 4 aliphatic heterocycles. The van der Waals surface area contributed by atoms with Crippen molar-refractivity contribution in [2.75, 3.05) is 53.6 Å². The average molecular weight is 913 g/mol. The molecule has 0 unspecified atom stereocenters. The Morgan fingerprint density at radius 2 is 1.88 bits per heavy atom. The van der Waals surface area contributed by atoms with Gasteiger partial charge in [0.15, 0.2) is 0 Å². The number of hydrogen-bond acceptors (Lipinski definition) is 12. The van der Waals surface area contributed by atoms with Crippen LogP contribution in [-0.4, -0.2) is 130 Å². The summed E-state index contributed by atoms with van der Waals surface area (Å²) in [7, 11) is 3.31. The highest BCUT2D eigenvalue weighted by atomic mass is 32.1. The number of cyclic esters (lactones) is 1. The summed E-state index contributed by atoms with van der Waals surface area (Å²) in [5.41, 5.74) is 6.45. The summed E-state index contributed by atoms with van der Waals surface area (Å²) in [5, 5.41) is 19.6. The third-order valence-corrected chi connectivity index (χ3v) is 14.6. The monoisotopic (exact) mass is 912 g/mol. The quantitative estimate of drug-likeness (QED) is 0.184. The predicted octanol–water partition coefficient (Wildman–Crippen LogP) is 5.71. The van der Waals surface area contributed by atoms with Crippen LogP contribution in [0.5, 0.6) is 0 Å². The van der Waals surface area contributed by atoms with E-state index in [-0.39, 0.29) is 49.5 Å². The lowest BCUT2D eigenvalue weighted by molar-refractivity contribution is -0.189. The molecular weight excluding hydrogens is 849 g/mol. The van der Waals surface area contributed by atoms with Gasteiger partial charge in [-0.1, -0.05) is 33.8 Å². The molecule has 4 aromatic rings. The number of hydrogen-bond donors (Lipinski definition) is 3. The maximum Gasteiger partial charge on any atom is 0.355 e. The second-order valence-electron chi connectivity index (χ2n) is 19.5. The topological polar surface area (TPSA) is 181 Å². The molecule has 17 heteroatoms. The number of methoxy groups -OCH3 is 1. The van der Waals surface area contributed by atoms with Gasteiger partial charge in [0.1, 0.15) is 12.1 Å². The van der Waals surface area contributed by atoms with Crippen molar-refractivity contribution >= 4 is 46.1 Å². The van der Waals surface area contributed by atoms with E-state index in [1.807, 2.05) is 46.1 Å². The Hall–Kier alpha value is -4.94. The number of carbonyl (C=O) groups excluding carboxylic acids is 4. The number of amides is 4. The molecule has 0 radical (unpaired) electrons. The third-order valence-electron chi connectivity index (χ3n) is 13.7. The highest BCUT2D eigenvalue weighted by Crippen LogP contribution is 2.43. The fourth-order valence-corrected chi connectivity index (χ4v) is 11.0. The molecule has 3 fully saturated rings. The number of esters is 1. The number of rotatable bonds is 8. The number of likely N-dealkylation sites (tertiary alicyclic amines) is 1. The Morgan fingerprint density at radius 3 is 2.58 bits per heavy atom. The SMILES string of the molecule is CCn1c(-c2cccnc2[C@H](C)OC)c2c3cc(ccc31)-c1csc(n1)C[C@H](NC(=O)[C@H](C(C)C)N(C)C(=O)N1CC3(CCOCC3)C1)C(=O)N1CCC[C@@](O)(N1)C(=O)OCC(C)(C)C2. The van der Waals surface area contributed by atoms with E-state index in [2.05, 4.69) is 46.5 Å². The van der Waals surface area contributed by atoms with Crippen LogP contribution in [0, 0.1) is 16.7 Å². The van der Waals surface area contributed by atoms with Crippen LogP contribution in [0.3, 0.4) is 0 Å². The second-order valence-corrected chi connectivity index (χ2v) is 20.5. The Bertz CT molecular complexity index is 2440. The number of aryl methyl sites for hydroxylation is 1. The zero-order valence-corrected chi connectivity index (χ0v) is 39.8. The predicted molar refractivity (Wildman–Crippen MR) is 246 cm³/mol. The van der Waals surface area contributed by atoms with Crippen molar-refractivity contribution in [3.63, 3.8) is 0 Å². The number of nitrogens with one attached hydrogen (secondary N) is 2. The largest absolute Gasteiger partial charge is 0.462 e. The Balaban J connectivity index is 1.16. The van der Waals surface area contributed by atoms with Crippen LogP contribution in [0.1, 0.15) is 89.6 Å². The van der Waals surface area contributed by atoms with Crippen LogP contribution in [0.15, 0.2) is 41.9 Å². The van der Waals surface area contributed by atoms with Crippen LogP contribution in [0.2, 0.25) is 0 Å². The van der Waals surface area contributed by atoms with Gasteiger partial charge in [-0.25, -0.2) is 14.6 Å². The second kappa shape index (κ2) is 18.4. The fourth-order valence-electron chi connectivity index (χ4n) is 10.1.